The van der Waals surface area contributed by atoms with E-state index in [1.807, 2.05) is 56.3 Å². The summed E-state index contributed by atoms with van der Waals surface area (Å²) in [6, 6.07) is 12.4. The van der Waals surface area contributed by atoms with Crippen LogP contribution in [-0.2, 0) is 4.79 Å². The molecule has 0 spiro atoms. The molecule has 1 amide bonds. The quantitative estimate of drug-likeness (QED) is 0.884. The summed E-state index contributed by atoms with van der Waals surface area (Å²) >= 11 is 0. The fourth-order valence-corrected chi connectivity index (χ4v) is 1.92. The molecule has 0 bridgehead atoms. The van der Waals surface area contributed by atoms with E-state index in [2.05, 4.69) is 10.3 Å². The van der Waals surface area contributed by atoms with Crippen LogP contribution in [0.2, 0.25) is 0 Å². The Hall–Kier alpha value is -2.20. The number of carbonyl (C=O) groups excluding carboxylic acids is 1. The Balaban J connectivity index is 2.13. The molecule has 1 atom stereocenters. The summed E-state index contributed by atoms with van der Waals surface area (Å²) in [4.78, 5) is 16.3. The van der Waals surface area contributed by atoms with Gasteiger partial charge in [-0.15, -0.1) is 0 Å². The van der Waals surface area contributed by atoms with Crippen molar-refractivity contribution >= 4 is 11.7 Å². The molecule has 3 N–H and O–H groups in total. The van der Waals surface area contributed by atoms with E-state index in [0.29, 0.717) is 5.82 Å². The van der Waals surface area contributed by atoms with Crippen LogP contribution in [-0.4, -0.2) is 10.9 Å². The summed E-state index contributed by atoms with van der Waals surface area (Å²) in [7, 11) is 0. The Morgan fingerprint density at radius 3 is 2.53 bits per heavy atom. The molecule has 0 saturated heterocycles. The third kappa shape index (κ3) is 3.39. The van der Waals surface area contributed by atoms with Crippen molar-refractivity contribution in [3.63, 3.8) is 0 Å². The van der Waals surface area contributed by atoms with Gasteiger partial charge in [0.1, 0.15) is 11.9 Å². The average molecular weight is 255 g/mol. The lowest BCUT2D eigenvalue weighted by atomic mass is 10.1. The van der Waals surface area contributed by atoms with Gasteiger partial charge in [-0.05, 0) is 37.1 Å². The maximum absolute atomic E-state index is 12.1. The van der Waals surface area contributed by atoms with Gasteiger partial charge in [0.15, 0.2) is 0 Å². The molecule has 2 rings (SSSR count). The van der Waals surface area contributed by atoms with Gasteiger partial charge in [-0.2, -0.15) is 0 Å². The van der Waals surface area contributed by atoms with E-state index in [1.165, 1.54) is 0 Å². The molecule has 4 heteroatoms. The predicted octanol–water partition coefficient (Wildman–Crippen LogP) is 2.34. The topological polar surface area (TPSA) is 68.0 Å². The van der Waals surface area contributed by atoms with Gasteiger partial charge in [0.25, 0.3) is 0 Å². The first-order valence-corrected chi connectivity index (χ1v) is 6.13. The Morgan fingerprint density at radius 1 is 1.21 bits per heavy atom. The lowest BCUT2D eigenvalue weighted by molar-refractivity contribution is -0.117. The van der Waals surface area contributed by atoms with Gasteiger partial charge < -0.3 is 11.1 Å². The van der Waals surface area contributed by atoms with Crippen molar-refractivity contribution in [2.45, 2.75) is 19.9 Å². The predicted molar refractivity (Wildman–Crippen MR) is 75.7 cm³/mol. The minimum atomic E-state index is -0.691. The van der Waals surface area contributed by atoms with Crippen LogP contribution in [0.3, 0.4) is 0 Å². The Morgan fingerprint density at radius 2 is 1.89 bits per heavy atom. The van der Waals surface area contributed by atoms with Gasteiger partial charge in [0.05, 0.1) is 0 Å². The first-order valence-electron chi connectivity index (χ1n) is 6.13. The van der Waals surface area contributed by atoms with Gasteiger partial charge in [0.2, 0.25) is 5.91 Å². The largest absolute Gasteiger partial charge is 0.316 e. The van der Waals surface area contributed by atoms with Gasteiger partial charge >= 0.3 is 0 Å². The molecule has 1 aromatic carbocycles. The number of carbonyl (C=O) groups is 1. The molecule has 19 heavy (non-hydrogen) atoms. The highest BCUT2D eigenvalue weighted by molar-refractivity contribution is 5.94. The van der Waals surface area contributed by atoms with Crippen LogP contribution in [0.1, 0.15) is 22.9 Å². The summed E-state index contributed by atoms with van der Waals surface area (Å²) in [5.74, 6) is 0.276. The molecule has 0 aliphatic rings. The minimum absolute atomic E-state index is 0.260. The van der Waals surface area contributed by atoms with E-state index in [1.54, 1.807) is 0 Å². The number of rotatable bonds is 3. The SMILES string of the molecule is Cc1cc(C)nc(NC(=O)[C@H](N)c2ccccc2)c1. The number of nitrogens with one attached hydrogen (secondary N) is 1. The highest BCUT2D eigenvalue weighted by Crippen LogP contribution is 2.14. The normalized spacial score (nSPS) is 11.9. The summed E-state index contributed by atoms with van der Waals surface area (Å²) < 4.78 is 0. The van der Waals surface area contributed by atoms with Crippen molar-refractivity contribution in [1.29, 1.82) is 0 Å². The number of anilines is 1. The van der Waals surface area contributed by atoms with Crippen LogP contribution in [0.5, 0.6) is 0 Å². The lowest BCUT2D eigenvalue weighted by Crippen LogP contribution is -2.28. The monoisotopic (exact) mass is 255 g/mol. The molecule has 1 aromatic heterocycles. The fraction of sp³-hybridized carbons (Fsp3) is 0.200. The molecule has 0 fully saturated rings. The molecular weight excluding hydrogens is 238 g/mol. The minimum Gasteiger partial charge on any atom is -0.316 e. The molecule has 0 unspecified atom stereocenters. The summed E-state index contributed by atoms with van der Waals surface area (Å²) in [5.41, 5.74) is 8.62. The maximum atomic E-state index is 12.1. The van der Waals surface area contributed by atoms with Crippen LogP contribution >= 0.6 is 0 Å². The molecule has 0 saturated carbocycles. The summed E-state index contributed by atoms with van der Waals surface area (Å²) in [6.07, 6.45) is 0. The summed E-state index contributed by atoms with van der Waals surface area (Å²) in [5, 5.41) is 2.75. The van der Waals surface area contributed by atoms with Crippen molar-refractivity contribution in [1.82, 2.24) is 4.98 Å². The third-order valence-corrected chi connectivity index (χ3v) is 2.79. The second-order valence-electron chi connectivity index (χ2n) is 4.55. The second-order valence-corrected chi connectivity index (χ2v) is 4.55. The summed E-state index contributed by atoms with van der Waals surface area (Å²) in [6.45, 7) is 3.85. The van der Waals surface area contributed by atoms with Crippen molar-refractivity contribution < 1.29 is 4.79 Å². The number of hydrogen-bond acceptors (Lipinski definition) is 3. The van der Waals surface area contributed by atoms with E-state index >= 15 is 0 Å². The number of aromatic nitrogens is 1. The molecule has 1 heterocycles. The molecule has 98 valence electrons. The van der Waals surface area contributed by atoms with E-state index in [4.69, 9.17) is 5.73 Å². The zero-order valence-electron chi connectivity index (χ0n) is 11.1. The van der Waals surface area contributed by atoms with Gasteiger partial charge in [0, 0.05) is 5.69 Å². The van der Waals surface area contributed by atoms with Crippen molar-refractivity contribution in [2.24, 2.45) is 5.73 Å². The third-order valence-electron chi connectivity index (χ3n) is 2.79. The zero-order chi connectivity index (χ0) is 13.8. The Kier molecular flexibility index (Phi) is 3.92. The van der Waals surface area contributed by atoms with E-state index in [-0.39, 0.29) is 5.91 Å². The highest BCUT2D eigenvalue weighted by Gasteiger charge is 2.16. The van der Waals surface area contributed by atoms with Crippen LogP contribution in [0.15, 0.2) is 42.5 Å². The second kappa shape index (κ2) is 5.63. The molecular formula is C15H17N3O. The molecule has 4 nitrogen and oxygen atoms in total. The molecule has 0 aliphatic heterocycles. The van der Waals surface area contributed by atoms with Crippen molar-refractivity contribution in [2.75, 3.05) is 5.32 Å². The highest BCUT2D eigenvalue weighted by atomic mass is 16.2. The molecule has 0 radical (unpaired) electrons. The van der Waals surface area contributed by atoms with Gasteiger partial charge in [-0.3, -0.25) is 4.79 Å². The zero-order valence-corrected chi connectivity index (χ0v) is 11.1. The van der Waals surface area contributed by atoms with Crippen LogP contribution in [0.25, 0.3) is 0 Å². The average Bonchev–Trinajstić information content (AvgIpc) is 2.37. The Labute approximate surface area is 112 Å². The fourth-order valence-electron chi connectivity index (χ4n) is 1.92. The van der Waals surface area contributed by atoms with Crippen molar-refractivity contribution in [3.05, 3.63) is 59.3 Å². The number of benzene rings is 1. The number of nitrogens with zero attached hydrogens (tertiary/aromatic N) is 1. The number of amides is 1. The molecule has 2 aromatic rings. The van der Waals surface area contributed by atoms with Gasteiger partial charge in [-0.25, -0.2) is 4.98 Å². The van der Waals surface area contributed by atoms with Crippen LogP contribution < -0.4 is 11.1 Å². The number of aryl methyl sites for hydroxylation is 2. The maximum Gasteiger partial charge on any atom is 0.247 e. The first kappa shape index (κ1) is 13.2. The smallest absolute Gasteiger partial charge is 0.247 e. The van der Waals surface area contributed by atoms with Crippen LogP contribution in [0.4, 0.5) is 5.82 Å². The van der Waals surface area contributed by atoms with E-state index in [9.17, 15) is 4.79 Å². The van der Waals surface area contributed by atoms with Gasteiger partial charge in [-0.1, -0.05) is 30.3 Å². The van der Waals surface area contributed by atoms with E-state index in [0.717, 1.165) is 16.8 Å². The van der Waals surface area contributed by atoms with E-state index < -0.39 is 6.04 Å². The number of nitrogens with two attached hydrogens (primary N) is 1. The standard InChI is InChI=1S/C15H17N3O/c1-10-8-11(2)17-13(9-10)18-15(19)14(16)12-6-4-3-5-7-12/h3-9,14H,16H2,1-2H3,(H,17,18,19)/t14-/m1/s1. The number of hydrogen-bond donors (Lipinski definition) is 2. The number of pyridine rings is 1. The Bertz CT molecular complexity index is 561. The lowest BCUT2D eigenvalue weighted by Gasteiger charge is -2.12. The van der Waals surface area contributed by atoms with Crippen molar-refractivity contribution in [3.8, 4) is 0 Å². The van der Waals surface area contributed by atoms with Crippen LogP contribution in [0, 0.1) is 13.8 Å². The molecule has 0 aliphatic carbocycles. The first-order chi connectivity index (χ1) is 9.06.